The van der Waals surface area contributed by atoms with E-state index in [9.17, 15) is 4.79 Å². The van der Waals surface area contributed by atoms with Gasteiger partial charge in [-0.2, -0.15) is 0 Å². The Morgan fingerprint density at radius 2 is 1.71 bits per heavy atom. The molecule has 1 amide bonds. The van der Waals surface area contributed by atoms with Gasteiger partial charge in [0.2, 0.25) is 5.91 Å². The molecular weight excluding hydrogens is 354 g/mol. The molecule has 140 valence electrons. The minimum atomic E-state index is -0.101. The van der Waals surface area contributed by atoms with Crippen molar-refractivity contribution in [1.29, 1.82) is 0 Å². The van der Waals surface area contributed by atoms with E-state index in [4.69, 9.17) is 4.74 Å². The SMILES string of the molecule is COc1ccc(-c2cnc3c(Nc4ccc(NC(C)=O)cc4)nccn23)cc1. The van der Waals surface area contributed by atoms with Crippen molar-refractivity contribution in [2.24, 2.45) is 0 Å². The molecule has 0 saturated carbocycles. The molecule has 0 spiro atoms. The molecule has 0 saturated heterocycles. The van der Waals surface area contributed by atoms with Crippen LogP contribution in [0.25, 0.3) is 16.9 Å². The van der Waals surface area contributed by atoms with Gasteiger partial charge in [0.25, 0.3) is 0 Å². The van der Waals surface area contributed by atoms with Crippen molar-refractivity contribution in [3.05, 3.63) is 67.1 Å². The maximum Gasteiger partial charge on any atom is 0.221 e. The summed E-state index contributed by atoms with van der Waals surface area (Å²) in [7, 11) is 1.65. The van der Waals surface area contributed by atoms with Crippen LogP contribution in [0.4, 0.5) is 17.2 Å². The molecule has 2 aromatic heterocycles. The second-order valence-corrected chi connectivity index (χ2v) is 6.22. The van der Waals surface area contributed by atoms with Crippen LogP contribution in [0.1, 0.15) is 6.92 Å². The number of amides is 1. The largest absolute Gasteiger partial charge is 0.497 e. The predicted octanol–water partition coefficient (Wildman–Crippen LogP) is 4.11. The standard InChI is InChI=1S/C21H19N5O2/c1-14(27)24-16-5-7-17(8-6-16)25-20-21-23-13-19(26(21)12-11-22-20)15-3-9-18(28-2)10-4-15/h3-13H,1-2H3,(H,22,25)(H,24,27). The smallest absolute Gasteiger partial charge is 0.221 e. The molecule has 2 aromatic carbocycles. The number of anilines is 3. The molecule has 7 heteroatoms. The highest BCUT2D eigenvalue weighted by atomic mass is 16.5. The van der Waals surface area contributed by atoms with E-state index in [0.29, 0.717) is 5.82 Å². The molecule has 7 nitrogen and oxygen atoms in total. The summed E-state index contributed by atoms with van der Waals surface area (Å²) in [5, 5.41) is 6.03. The van der Waals surface area contributed by atoms with Crippen LogP contribution < -0.4 is 15.4 Å². The first kappa shape index (κ1) is 17.5. The van der Waals surface area contributed by atoms with Gasteiger partial charge in [-0.25, -0.2) is 9.97 Å². The first-order chi connectivity index (χ1) is 13.6. The van der Waals surface area contributed by atoms with Gasteiger partial charge in [0.05, 0.1) is 19.0 Å². The van der Waals surface area contributed by atoms with Gasteiger partial charge in [-0.05, 0) is 48.5 Å². The number of rotatable bonds is 5. The molecule has 4 aromatic rings. The first-order valence-corrected chi connectivity index (χ1v) is 8.75. The van der Waals surface area contributed by atoms with E-state index in [1.165, 1.54) is 6.92 Å². The summed E-state index contributed by atoms with van der Waals surface area (Å²) >= 11 is 0. The fourth-order valence-corrected chi connectivity index (χ4v) is 2.96. The number of hydrogen-bond acceptors (Lipinski definition) is 5. The Morgan fingerprint density at radius 1 is 1.00 bits per heavy atom. The Morgan fingerprint density at radius 3 is 2.39 bits per heavy atom. The first-order valence-electron chi connectivity index (χ1n) is 8.75. The number of benzene rings is 2. The molecule has 0 unspecified atom stereocenters. The van der Waals surface area contributed by atoms with E-state index in [1.54, 1.807) is 13.3 Å². The normalized spacial score (nSPS) is 10.6. The number of carbonyl (C=O) groups is 1. The highest BCUT2D eigenvalue weighted by Gasteiger charge is 2.11. The van der Waals surface area contributed by atoms with Gasteiger partial charge in [-0.1, -0.05) is 0 Å². The van der Waals surface area contributed by atoms with Crippen LogP contribution in [-0.2, 0) is 4.79 Å². The van der Waals surface area contributed by atoms with E-state index in [-0.39, 0.29) is 5.91 Å². The highest BCUT2D eigenvalue weighted by molar-refractivity contribution is 5.89. The molecule has 4 rings (SSSR count). The van der Waals surface area contributed by atoms with E-state index >= 15 is 0 Å². The Balaban J connectivity index is 1.63. The van der Waals surface area contributed by atoms with Gasteiger partial charge in [0.1, 0.15) is 5.75 Å². The third-order valence-corrected chi connectivity index (χ3v) is 4.28. The lowest BCUT2D eigenvalue weighted by Crippen LogP contribution is -2.05. The topological polar surface area (TPSA) is 80.5 Å². The number of nitrogens with zero attached hydrogens (tertiary/aromatic N) is 3. The van der Waals surface area contributed by atoms with Crippen LogP contribution in [-0.4, -0.2) is 27.4 Å². The molecule has 28 heavy (non-hydrogen) atoms. The van der Waals surface area contributed by atoms with Gasteiger partial charge >= 0.3 is 0 Å². The maximum atomic E-state index is 11.1. The molecule has 0 atom stereocenters. The Kier molecular flexibility index (Phi) is 4.63. The Bertz CT molecular complexity index is 1120. The van der Waals surface area contributed by atoms with E-state index in [2.05, 4.69) is 20.6 Å². The zero-order valence-corrected chi connectivity index (χ0v) is 15.5. The van der Waals surface area contributed by atoms with Crippen LogP contribution in [0.15, 0.2) is 67.1 Å². The van der Waals surface area contributed by atoms with Crippen molar-refractivity contribution < 1.29 is 9.53 Å². The molecule has 2 N–H and O–H groups in total. The summed E-state index contributed by atoms with van der Waals surface area (Å²) < 4.78 is 7.21. The number of nitrogens with one attached hydrogen (secondary N) is 2. The van der Waals surface area contributed by atoms with Crippen LogP contribution >= 0.6 is 0 Å². The van der Waals surface area contributed by atoms with Crippen molar-refractivity contribution in [2.45, 2.75) is 6.92 Å². The fraction of sp³-hybridized carbons (Fsp3) is 0.0952. The summed E-state index contributed by atoms with van der Waals surface area (Å²) in [6, 6.07) is 15.3. The van der Waals surface area contributed by atoms with E-state index in [0.717, 1.165) is 34.0 Å². The second-order valence-electron chi connectivity index (χ2n) is 6.22. The van der Waals surface area contributed by atoms with E-state index < -0.39 is 0 Å². The van der Waals surface area contributed by atoms with Gasteiger partial charge in [0, 0.05) is 36.3 Å². The van der Waals surface area contributed by atoms with Crippen molar-refractivity contribution in [2.75, 3.05) is 17.7 Å². The molecular formula is C21H19N5O2. The maximum absolute atomic E-state index is 11.1. The van der Waals surface area contributed by atoms with Crippen molar-refractivity contribution in [3.63, 3.8) is 0 Å². The van der Waals surface area contributed by atoms with Crippen LogP contribution in [0.2, 0.25) is 0 Å². The number of hydrogen-bond donors (Lipinski definition) is 2. The molecule has 0 radical (unpaired) electrons. The summed E-state index contributed by atoms with van der Waals surface area (Å²) in [6.07, 6.45) is 5.44. The fourth-order valence-electron chi connectivity index (χ4n) is 2.96. The highest BCUT2D eigenvalue weighted by Crippen LogP contribution is 2.26. The minimum Gasteiger partial charge on any atom is -0.497 e. The third-order valence-electron chi connectivity index (χ3n) is 4.28. The van der Waals surface area contributed by atoms with Gasteiger partial charge in [0.15, 0.2) is 11.5 Å². The molecule has 0 fully saturated rings. The van der Waals surface area contributed by atoms with Crippen molar-refractivity contribution in [1.82, 2.24) is 14.4 Å². The Hall–Kier alpha value is -3.87. The van der Waals surface area contributed by atoms with Crippen LogP contribution in [0.3, 0.4) is 0 Å². The lowest BCUT2D eigenvalue weighted by atomic mass is 10.1. The number of carbonyl (C=O) groups excluding carboxylic acids is 1. The van der Waals surface area contributed by atoms with Crippen molar-refractivity contribution >= 4 is 28.7 Å². The summed E-state index contributed by atoms with van der Waals surface area (Å²) in [5.74, 6) is 1.36. The lowest BCUT2D eigenvalue weighted by Gasteiger charge is -2.09. The summed E-state index contributed by atoms with van der Waals surface area (Å²) in [5.41, 5.74) is 4.31. The average Bonchev–Trinajstić information content (AvgIpc) is 3.14. The Labute approximate surface area is 162 Å². The monoisotopic (exact) mass is 373 g/mol. The molecule has 0 bridgehead atoms. The quantitative estimate of drug-likeness (QED) is 0.550. The minimum absolute atomic E-state index is 0.101. The third kappa shape index (κ3) is 3.50. The summed E-state index contributed by atoms with van der Waals surface area (Å²) in [4.78, 5) is 20.1. The van der Waals surface area contributed by atoms with Gasteiger partial charge < -0.3 is 15.4 Å². The number of fused-ring (bicyclic) bond motifs is 1. The van der Waals surface area contributed by atoms with Gasteiger partial charge in [-0.15, -0.1) is 0 Å². The second kappa shape index (κ2) is 7.40. The number of imidazole rings is 1. The van der Waals surface area contributed by atoms with Gasteiger partial charge in [-0.3, -0.25) is 9.20 Å². The zero-order valence-electron chi connectivity index (χ0n) is 15.5. The number of methoxy groups -OCH3 is 1. The van der Waals surface area contributed by atoms with Crippen molar-refractivity contribution in [3.8, 4) is 17.0 Å². The lowest BCUT2D eigenvalue weighted by molar-refractivity contribution is -0.114. The van der Waals surface area contributed by atoms with Crippen LogP contribution in [0, 0.1) is 0 Å². The molecule has 2 heterocycles. The molecule has 0 aliphatic heterocycles. The zero-order chi connectivity index (χ0) is 19.5. The number of aromatic nitrogens is 3. The summed E-state index contributed by atoms with van der Waals surface area (Å²) in [6.45, 7) is 1.48. The molecule has 0 aliphatic carbocycles. The van der Waals surface area contributed by atoms with E-state index in [1.807, 2.05) is 65.3 Å². The average molecular weight is 373 g/mol. The number of ether oxygens (including phenoxy) is 1. The predicted molar refractivity (Wildman–Crippen MR) is 109 cm³/mol. The molecule has 0 aliphatic rings. The van der Waals surface area contributed by atoms with Crippen LogP contribution in [0.5, 0.6) is 5.75 Å².